The van der Waals surface area contributed by atoms with Gasteiger partial charge in [-0.3, -0.25) is 9.53 Å². The molecule has 2 atom stereocenters. The Kier molecular flexibility index (Phi) is 7.18. The van der Waals surface area contributed by atoms with E-state index in [4.69, 9.17) is 11.6 Å². The summed E-state index contributed by atoms with van der Waals surface area (Å²) in [5, 5.41) is 4.14. The molecule has 31 heavy (non-hydrogen) atoms. The molecule has 1 aromatic heterocycles. The zero-order valence-corrected chi connectivity index (χ0v) is 17.8. The molecule has 1 aliphatic rings. The number of alkyl halides is 3. The summed E-state index contributed by atoms with van der Waals surface area (Å²) in [6.45, 7) is -1.75. The summed E-state index contributed by atoms with van der Waals surface area (Å²) in [7, 11) is -4.36. The first-order valence-electron chi connectivity index (χ1n) is 8.61. The summed E-state index contributed by atoms with van der Waals surface area (Å²) in [6.07, 6.45) is -3.62. The van der Waals surface area contributed by atoms with Crippen LogP contribution < -0.4 is 10.0 Å². The molecule has 15 heteroatoms. The van der Waals surface area contributed by atoms with Gasteiger partial charge in [0.05, 0.1) is 17.7 Å². The number of hydrogen-bond donors (Lipinski definition) is 2. The molecule has 1 saturated heterocycles. The lowest BCUT2D eigenvalue weighted by molar-refractivity contribution is -0.324. The fraction of sp³-hybridized carbons (Fsp3) is 0.375. The number of nitrogens with one attached hydrogen (secondary N) is 2. The van der Waals surface area contributed by atoms with Crippen LogP contribution in [-0.4, -0.2) is 49.2 Å². The van der Waals surface area contributed by atoms with Crippen molar-refractivity contribution in [3.63, 3.8) is 0 Å². The van der Waals surface area contributed by atoms with Crippen LogP contribution in [0.5, 0.6) is 0 Å². The molecular weight excluding hydrogens is 488 g/mol. The molecule has 0 spiro atoms. The van der Waals surface area contributed by atoms with Gasteiger partial charge in [-0.15, -0.1) is 24.5 Å². The zero-order chi connectivity index (χ0) is 22.8. The Labute approximate surface area is 183 Å². The smallest absolute Gasteiger partial charge is 0.325 e. The summed E-state index contributed by atoms with van der Waals surface area (Å²) in [5.41, 5.74) is 0.0876. The Morgan fingerprint density at radius 2 is 2.16 bits per heavy atom. The first-order valence-corrected chi connectivity index (χ1v) is 11.3. The number of hydrogen-bond acceptors (Lipinski definition) is 6. The lowest BCUT2D eigenvalue weighted by Gasteiger charge is -2.37. The highest BCUT2D eigenvalue weighted by Crippen LogP contribution is 2.31. The Balaban J connectivity index is 1.85. The second-order valence-corrected chi connectivity index (χ2v) is 9.31. The first kappa shape index (κ1) is 23.8. The average molecular weight is 503 g/mol. The molecule has 2 aromatic rings. The molecule has 170 valence electrons. The normalized spacial score (nSPS) is 21.7. The molecule has 0 bridgehead atoms. The van der Waals surface area contributed by atoms with E-state index in [1.54, 1.807) is 5.38 Å². The van der Waals surface area contributed by atoms with Crippen molar-refractivity contribution in [2.75, 3.05) is 18.5 Å². The van der Waals surface area contributed by atoms with Crippen LogP contribution in [0.25, 0.3) is 0 Å². The van der Waals surface area contributed by atoms with Crippen molar-refractivity contribution in [1.29, 1.82) is 0 Å². The van der Waals surface area contributed by atoms with E-state index in [1.165, 1.54) is 12.3 Å². The van der Waals surface area contributed by atoms with Gasteiger partial charge in [0.1, 0.15) is 16.9 Å². The van der Waals surface area contributed by atoms with E-state index >= 15 is 0 Å². The molecule has 1 fully saturated rings. The second kappa shape index (κ2) is 9.34. The van der Waals surface area contributed by atoms with E-state index in [0.717, 1.165) is 23.5 Å². The topological polar surface area (TPSA) is 101 Å². The van der Waals surface area contributed by atoms with E-state index in [1.807, 2.05) is 0 Å². The van der Waals surface area contributed by atoms with Crippen LogP contribution >= 0.6 is 22.9 Å². The molecule has 2 N–H and O–H groups in total. The standard InChI is InChI=1S/C16H15ClF4N4O4S2/c17-10-7-9(1-2-11(10)18)23-14(26)13-8-12(15-22-3-6-30-15)24-31(27,28)25(13)4-5-29-16(19,20)21/h1-3,6-7,12-13,24H,4-5,8H2,(H,23,26)/t12-,13+/m0/s1. The van der Waals surface area contributed by atoms with Gasteiger partial charge in [-0.25, -0.2) is 9.37 Å². The van der Waals surface area contributed by atoms with Gasteiger partial charge < -0.3 is 5.32 Å². The minimum Gasteiger partial charge on any atom is -0.325 e. The first-order chi connectivity index (χ1) is 14.5. The van der Waals surface area contributed by atoms with Gasteiger partial charge in [0, 0.05) is 23.8 Å². The number of anilines is 1. The quantitative estimate of drug-likeness (QED) is 0.591. The fourth-order valence-electron chi connectivity index (χ4n) is 2.93. The molecular formula is C16H15ClF4N4O4S2. The number of rotatable bonds is 6. The van der Waals surface area contributed by atoms with Crippen LogP contribution in [-0.2, 0) is 19.7 Å². The Hall–Kier alpha value is -1.84. The van der Waals surface area contributed by atoms with Crippen molar-refractivity contribution in [1.82, 2.24) is 14.0 Å². The molecule has 3 rings (SSSR count). The maximum atomic E-state index is 13.3. The van der Waals surface area contributed by atoms with Gasteiger partial charge in [0.15, 0.2) is 0 Å². The third-order valence-corrected chi connectivity index (χ3v) is 7.04. The van der Waals surface area contributed by atoms with Crippen molar-refractivity contribution in [2.45, 2.75) is 24.9 Å². The summed E-state index contributed by atoms with van der Waals surface area (Å²) in [6, 6.07) is 1.09. The van der Waals surface area contributed by atoms with E-state index in [-0.39, 0.29) is 17.1 Å². The number of carbonyl (C=O) groups excluding carboxylic acids is 1. The number of benzene rings is 1. The summed E-state index contributed by atoms with van der Waals surface area (Å²) < 4.78 is 82.3. The predicted molar refractivity (Wildman–Crippen MR) is 104 cm³/mol. The average Bonchev–Trinajstić information content (AvgIpc) is 3.19. The number of ether oxygens (including phenoxy) is 1. The molecule has 1 aliphatic heterocycles. The van der Waals surface area contributed by atoms with Crippen LogP contribution in [0.1, 0.15) is 17.5 Å². The van der Waals surface area contributed by atoms with E-state index in [2.05, 4.69) is 19.8 Å². The van der Waals surface area contributed by atoms with Gasteiger partial charge in [-0.1, -0.05) is 11.6 Å². The van der Waals surface area contributed by atoms with Crippen LogP contribution in [0.2, 0.25) is 5.02 Å². The molecule has 0 saturated carbocycles. The minimum atomic E-state index is -4.96. The highest BCUT2D eigenvalue weighted by Gasteiger charge is 2.44. The van der Waals surface area contributed by atoms with Crippen LogP contribution in [0.15, 0.2) is 29.8 Å². The van der Waals surface area contributed by atoms with Crippen molar-refractivity contribution in [2.24, 2.45) is 0 Å². The molecule has 0 radical (unpaired) electrons. The Morgan fingerprint density at radius 3 is 2.77 bits per heavy atom. The van der Waals surface area contributed by atoms with Crippen molar-refractivity contribution in [3.05, 3.63) is 45.6 Å². The zero-order valence-electron chi connectivity index (χ0n) is 15.4. The maximum absolute atomic E-state index is 13.3. The second-order valence-electron chi connectivity index (χ2n) is 6.32. The van der Waals surface area contributed by atoms with Gasteiger partial charge >= 0.3 is 6.36 Å². The number of carbonyl (C=O) groups is 1. The lowest BCUT2D eigenvalue weighted by Crippen LogP contribution is -2.58. The monoisotopic (exact) mass is 502 g/mol. The van der Waals surface area contributed by atoms with Crippen LogP contribution in [0.4, 0.5) is 23.2 Å². The molecule has 0 unspecified atom stereocenters. The van der Waals surface area contributed by atoms with Crippen LogP contribution in [0, 0.1) is 5.82 Å². The van der Waals surface area contributed by atoms with Crippen LogP contribution in [0.3, 0.4) is 0 Å². The SMILES string of the molecule is O=C(Nc1ccc(F)c(Cl)c1)[C@H]1C[C@@H](c2nccs2)NS(=O)(=O)N1CCOC(F)(F)F. The molecule has 1 amide bonds. The van der Waals surface area contributed by atoms with E-state index in [9.17, 15) is 30.8 Å². The highest BCUT2D eigenvalue weighted by molar-refractivity contribution is 7.87. The van der Waals surface area contributed by atoms with Gasteiger partial charge in [0.25, 0.3) is 10.2 Å². The number of nitrogens with zero attached hydrogens (tertiary/aromatic N) is 2. The third kappa shape index (κ3) is 6.11. The van der Waals surface area contributed by atoms with E-state index in [0.29, 0.717) is 9.31 Å². The summed E-state index contributed by atoms with van der Waals surface area (Å²) in [4.78, 5) is 16.9. The van der Waals surface area contributed by atoms with Gasteiger partial charge in [-0.05, 0) is 24.6 Å². The molecule has 2 heterocycles. The number of halogens is 5. The maximum Gasteiger partial charge on any atom is 0.522 e. The van der Waals surface area contributed by atoms with Crippen molar-refractivity contribution >= 4 is 44.7 Å². The van der Waals surface area contributed by atoms with E-state index < -0.39 is 53.5 Å². The fourth-order valence-corrected chi connectivity index (χ4v) is 5.42. The Morgan fingerprint density at radius 1 is 1.42 bits per heavy atom. The number of thiazole rings is 1. The molecule has 0 aliphatic carbocycles. The van der Waals surface area contributed by atoms with Crippen molar-refractivity contribution in [3.8, 4) is 0 Å². The summed E-state index contributed by atoms with van der Waals surface area (Å²) in [5.74, 6) is -1.56. The summed E-state index contributed by atoms with van der Waals surface area (Å²) >= 11 is 6.84. The minimum absolute atomic E-state index is 0.0876. The van der Waals surface area contributed by atoms with Gasteiger partial charge in [0.2, 0.25) is 5.91 Å². The Bertz CT molecular complexity index is 1040. The van der Waals surface area contributed by atoms with Crippen molar-refractivity contribution < 1.29 is 35.5 Å². The number of aromatic nitrogens is 1. The molecule has 8 nitrogen and oxygen atoms in total. The molecule has 1 aromatic carbocycles. The van der Waals surface area contributed by atoms with Gasteiger partial charge in [-0.2, -0.15) is 17.4 Å². The largest absolute Gasteiger partial charge is 0.522 e. The lowest BCUT2D eigenvalue weighted by atomic mass is 10.1. The number of amides is 1. The predicted octanol–water partition coefficient (Wildman–Crippen LogP) is 3.06. The third-order valence-electron chi connectivity index (χ3n) is 4.22. The highest BCUT2D eigenvalue weighted by atomic mass is 35.5.